The number of hydrogen-bond donors (Lipinski definition) is 1. The van der Waals surface area contributed by atoms with Gasteiger partial charge in [0.1, 0.15) is 0 Å². The molecular formula is C8H9Br2NOS. The molecule has 1 N–H and O–H groups in total. The predicted octanol–water partition coefficient (Wildman–Crippen LogP) is 3.02. The minimum absolute atomic E-state index is 0.0195. The van der Waals surface area contributed by atoms with Crippen LogP contribution in [0.4, 0.5) is 0 Å². The van der Waals surface area contributed by atoms with Gasteiger partial charge in [0, 0.05) is 16.8 Å². The Kier molecular flexibility index (Phi) is 4.41. The zero-order valence-electron chi connectivity index (χ0n) is 7.01. The minimum Gasteiger partial charge on any atom is -0.349 e. The Balaban J connectivity index is 2.58. The highest BCUT2D eigenvalue weighted by atomic mass is 79.9. The van der Waals surface area contributed by atoms with Crippen LogP contribution in [-0.2, 0) is 0 Å². The Morgan fingerprint density at radius 3 is 2.92 bits per heavy atom. The van der Waals surface area contributed by atoms with E-state index in [9.17, 15) is 4.79 Å². The number of carbonyl (C=O) groups excluding carboxylic acids is 1. The molecule has 0 aromatic carbocycles. The summed E-state index contributed by atoms with van der Waals surface area (Å²) >= 11 is 8.12. The molecule has 1 aromatic heterocycles. The monoisotopic (exact) mass is 325 g/mol. The number of alkyl halides is 1. The third kappa shape index (κ3) is 3.40. The number of rotatable bonds is 3. The molecule has 0 fully saturated rings. The van der Waals surface area contributed by atoms with Crippen molar-refractivity contribution in [2.45, 2.75) is 13.0 Å². The van der Waals surface area contributed by atoms with E-state index >= 15 is 0 Å². The number of amides is 1. The van der Waals surface area contributed by atoms with Crippen molar-refractivity contribution >= 4 is 49.1 Å². The summed E-state index contributed by atoms with van der Waals surface area (Å²) in [4.78, 5) is 11.5. The molecule has 1 amide bonds. The zero-order valence-corrected chi connectivity index (χ0v) is 11.0. The van der Waals surface area contributed by atoms with Gasteiger partial charge in [0.2, 0.25) is 0 Å². The molecule has 5 heteroatoms. The largest absolute Gasteiger partial charge is 0.349 e. The quantitative estimate of drug-likeness (QED) is 0.850. The molecule has 1 rings (SSSR count). The van der Waals surface area contributed by atoms with E-state index < -0.39 is 0 Å². The number of hydrogen-bond acceptors (Lipinski definition) is 2. The van der Waals surface area contributed by atoms with Crippen molar-refractivity contribution in [2.75, 3.05) is 5.33 Å². The summed E-state index contributed by atoms with van der Waals surface area (Å²) in [6.45, 7) is 1.95. The summed E-state index contributed by atoms with van der Waals surface area (Å²) < 4.78 is 0.976. The SMILES string of the molecule is CC(CBr)NC(=O)c1csc(Br)c1. The fourth-order valence-electron chi connectivity index (χ4n) is 0.775. The molecule has 72 valence electrons. The van der Waals surface area contributed by atoms with E-state index in [-0.39, 0.29) is 11.9 Å². The molecule has 0 radical (unpaired) electrons. The molecule has 0 bridgehead atoms. The summed E-state index contributed by atoms with van der Waals surface area (Å²) in [7, 11) is 0. The maximum absolute atomic E-state index is 11.5. The van der Waals surface area contributed by atoms with E-state index in [0.717, 1.165) is 9.12 Å². The molecule has 0 aliphatic rings. The number of nitrogens with one attached hydrogen (secondary N) is 1. The maximum atomic E-state index is 11.5. The molecule has 1 unspecified atom stereocenters. The summed E-state index contributed by atoms with van der Waals surface area (Å²) in [5.41, 5.74) is 0.713. The minimum atomic E-state index is -0.0195. The van der Waals surface area contributed by atoms with Crippen LogP contribution in [0, 0.1) is 0 Å². The lowest BCUT2D eigenvalue weighted by molar-refractivity contribution is 0.0944. The van der Waals surface area contributed by atoms with Crippen molar-refractivity contribution < 1.29 is 4.79 Å². The topological polar surface area (TPSA) is 29.1 Å². The fraction of sp³-hybridized carbons (Fsp3) is 0.375. The highest BCUT2D eigenvalue weighted by Crippen LogP contribution is 2.20. The predicted molar refractivity (Wildman–Crippen MR) is 62.7 cm³/mol. The number of halogens is 2. The first-order chi connectivity index (χ1) is 6.13. The van der Waals surface area contributed by atoms with Crippen LogP contribution in [0.15, 0.2) is 15.2 Å². The van der Waals surface area contributed by atoms with Crippen molar-refractivity contribution in [1.29, 1.82) is 0 Å². The van der Waals surface area contributed by atoms with E-state index in [4.69, 9.17) is 0 Å². The third-order valence-electron chi connectivity index (χ3n) is 1.44. The molecule has 0 spiro atoms. The van der Waals surface area contributed by atoms with Gasteiger partial charge in [0.05, 0.1) is 9.35 Å². The second-order valence-corrected chi connectivity index (χ2v) is 5.61. The van der Waals surface area contributed by atoms with E-state index in [0.29, 0.717) is 5.56 Å². The Bertz CT molecular complexity index is 300. The van der Waals surface area contributed by atoms with E-state index in [2.05, 4.69) is 37.2 Å². The molecule has 2 nitrogen and oxygen atoms in total. The van der Waals surface area contributed by atoms with Crippen LogP contribution in [0.5, 0.6) is 0 Å². The normalized spacial score (nSPS) is 12.5. The second-order valence-electron chi connectivity index (χ2n) is 2.67. The van der Waals surface area contributed by atoms with Crippen LogP contribution in [0.2, 0.25) is 0 Å². The van der Waals surface area contributed by atoms with Crippen molar-refractivity contribution in [1.82, 2.24) is 5.32 Å². The van der Waals surface area contributed by atoms with Gasteiger partial charge in [-0.1, -0.05) is 15.9 Å². The summed E-state index contributed by atoms with van der Waals surface area (Å²) in [5, 5.41) is 5.46. The van der Waals surface area contributed by atoms with E-state index in [1.165, 1.54) is 11.3 Å². The van der Waals surface area contributed by atoms with Gasteiger partial charge in [-0.3, -0.25) is 4.79 Å². The standard InChI is InChI=1S/C8H9Br2NOS/c1-5(3-9)11-8(12)6-2-7(10)13-4-6/h2,4-5H,3H2,1H3,(H,11,12). The molecule has 0 saturated heterocycles. The van der Waals surface area contributed by atoms with Crippen LogP contribution in [0.1, 0.15) is 17.3 Å². The zero-order chi connectivity index (χ0) is 9.84. The van der Waals surface area contributed by atoms with Crippen molar-refractivity contribution in [2.24, 2.45) is 0 Å². The molecule has 1 aromatic rings. The van der Waals surface area contributed by atoms with Gasteiger partial charge in [0.25, 0.3) is 5.91 Å². The van der Waals surface area contributed by atoms with Gasteiger partial charge < -0.3 is 5.32 Å². The Hall–Kier alpha value is 0.130. The summed E-state index contributed by atoms with van der Waals surface area (Å²) in [6.07, 6.45) is 0. The molecule has 1 heterocycles. The van der Waals surface area contributed by atoms with Gasteiger partial charge in [-0.25, -0.2) is 0 Å². The van der Waals surface area contributed by atoms with Gasteiger partial charge in [-0.05, 0) is 28.9 Å². The number of thiophene rings is 1. The average molecular weight is 327 g/mol. The third-order valence-corrected chi connectivity index (χ3v) is 3.91. The lowest BCUT2D eigenvalue weighted by Crippen LogP contribution is -2.33. The Labute approximate surface area is 98.0 Å². The first-order valence-electron chi connectivity index (χ1n) is 3.74. The van der Waals surface area contributed by atoms with Gasteiger partial charge in [0.15, 0.2) is 0 Å². The van der Waals surface area contributed by atoms with Gasteiger partial charge >= 0.3 is 0 Å². The second kappa shape index (κ2) is 5.12. The Morgan fingerprint density at radius 1 is 1.77 bits per heavy atom. The molecule has 1 atom stereocenters. The first-order valence-corrected chi connectivity index (χ1v) is 6.53. The first kappa shape index (κ1) is 11.2. The molecule has 0 saturated carbocycles. The van der Waals surface area contributed by atoms with Crippen molar-refractivity contribution in [3.05, 3.63) is 20.8 Å². The molecular weight excluding hydrogens is 318 g/mol. The van der Waals surface area contributed by atoms with Crippen LogP contribution in [0.3, 0.4) is 0 Å². The lowest BCUT2D eigenvalue weighted by Gasteiger charge is -2.08. The average Bonchev–Trinajstić information content (AvgIpc) is 2.51. The van der Waals surface area contributed by atoms with E-state index in [1.54, 1.807) is 0 Å². The van der Waals surface area contributed by atoms with Crippen molar-refractivity contribution in [3.63, 3.8) is 0 Å². The van der Waals surface area contributed by atoms with Gasteiger partial charge in [-0.2, -0.15) is 0 Å². The Morgan fingerprint density at radius 2 is 2.46 bits per heavy atom. The van der Waals surface area contributed by atoms with Crippen LogP contribution in [0.25, 0.3) is 0 Å². The fourth-order valence-corrected chi connectivity index (χ4v) is 2.07. The van der Waals surface area contributed by atoms with Gasteiger partial charge in [-0.15, -0.1) is 11.3 Å². The van der Waals surface area contributed by atoms with Crippen LogP contribution >= 0.6 is 43.2 Å². The highest BCUT2D eigenvalue weighted by molar-refractivity contribution is 9.11. The summed E-state index contributed by atoms with van der Waals surface area (Å²) in [5.74, 6) is -0.0195. The highest BCUT2D eigenvalue weighted by Gasteiger charge is 2.09. The molecule has 0 aliphatic heterocycles. The smallest absolute Gasteiger partial charge is 0.252 e. The maximum Gasteiger partial charge on any atom is 0.252 e. The number of carbonyl (C=O) groups is 1. The van der Waals surface area contributed by atoms with Crippen molar-refractivity contribution in [3.8, 4) is 0 Å². The van der Waals surface area contributed by atoms with Crippen LogP contribution in [-0.4, -0.2) is 17.3 Å². The molecule has 13 heavy (non-hydrogen) atoms. The van der Waals surface area contributed by atoms with Crippen LogP contribution < -0.4 is 5.32 Å². The summed E-state index contributed by atoms with van der Waals surface area (Å²) in [6, 6.07) is 1.98. The lowest BCUT2D eigenvalue weighted by atomic mass is 10.3. The molecule has 0 aliphatic carbocycles. The van der Waals surface area contributed by atoms with E-state index in [1.807, 2.05) is 18.4 Å².